The molecule has 2 rings (SSSR count). The van der Waals surface area contributed by atoms with Gasteiger partial charge in [0.25, 0.3) is 5.56 Å². The van der Waals surface area contributed by atoms with Crippen molar-refractivity contribution >= 4 is 0 Å². The van der Waals surface area contributed by atoms with E-state index in [4.69, 9.17) is 0 Å². The molecule has 1 unspecified atom stereocenters. The van der Waals surface area contributed by atoms with E-state index in [2.05, 4.69) is 12.2 Å². The first kappa shape index (κ1) is 15.3. The summed E-state index contributed by atoms with van der Waals surface area (Å²) in [5, 5.41) is 3.67. The number of pyridine rings is 1. The SMILES string of the molecule is CCCNC(Cn1ccc(C)cc1=O)C1CCCCC1. The van der Waals surface area contributed by atoms with Gasteiger partial charge in [-0.05, 0) is 50.3 Å². The molecule has 0 spiro atoms. The number of hydrogen-bond donors (Lipinski definition) is 1. The molecule has 20 heavy (non-hydrogen) atoms. The second kappa shape index (κ2) is 7.63. The molecule has 1 aliphatic carbocycles. The molecular formula is C17H28N2O. The van der Waals surface area contributed by atoms with Gasteiger partial charge >= 0.3 is 0 Å². The van der Waals surface area contributed by atoms with E-state index in [0.717, 1.165) is 31.0 Å². The lowest BCUT2D eigenvalue weighted by Gasteiger charge is -2.31. The molecule has 1 fully saturated rings. The smallest absolute Gasteiger partial charge is 0.250 e. The van der Waals surface area contributed by atoms with Crippen molar-refractivity contribution in [3.8, 4) is 0 Å². The van der Waals surface area contributed by atoms with Crippen LogP contribution in [0, 0.1) is 12.8 Å². The van der Waals surface area contributed by atoms with Crippen molar-refractivity contribution in [2.45, 2.75) is 65.0 Å². The third kappa shape index (κ3) is 4.20. The lowest BCUT2D eigenvalue weighted by atomic mass is 9.83. The fourth-order valence-corrected chi connectivity index (χ4v) is 3.22. The van der Waals surface area contributed by atoms with Crippen LogP contribution in [0.3, 0.4) is 0 Å². The number of aryl methyl sites for hydroxylation is 1. The van der Waals surface area contributed by atoms with Crippen LogP contribution in [0.2, 0.25) is 0 Å². The maximum atomic E-state index is 12.1. The maximum Gasteiger partial charge on any atom is 0.250 e. The van der Waals surface area contributed by atoms with Gasteiger partial charge in [-0.3, -0.25) is 4.79 Å². The second-order valence-electron chi connectivity index (χ2n) is 6.15. The van der Waals surface area contributed by atoms with Gasteiger partial charge in [-0.1, -0.05) is 26.2 Å². The Hall–Kier alpha value is -1.09. The van der Waals surface area contributed by atoms with Crippen LogP contribution in [0.25, 0.3) is 0 Å². The van der Waals surface area contributed by atoms with Gasteiger partial charge in [0.05, 0.1) is 0 Å². The van der Waals surface area contributed by atoms with Crippen molar-refractivity contribution in [1.29, 1.82) is 0 Å². The number of rotatable bonds is 6. The Kier molecular flexibility index (Phi) is 5.84. The molecule has 0 amide bonds. The van der Waals surface area contributed by atoms with Gasteiger partial charge < -0.3 is 9.88 Å². The summed E-state index contributed by atoms with van der Waals surface area (Å²) >= 11 is 0. The summed E-state index contributed by atoms with van der Waals surface area (Å²) in [6.07, 6.45) is 9.77. The molecule has 1 heterocycles. The Morgan fingerprint density at radius 2 is 2.10 bits per heavy atom. The van der Waals surface area contributed by atoms with Crippen molar-refractivity contribution in [2.24, 2.45) is 5.92 Å². The largest absolute Gasteiger partial charge is 0.314 e. The van der Waals surface area contributed by atoms with Crippen LogP contribution in [0.1, 0.15) is 51.0 Å². The molecule has 112 valence electrons. The zero-order chi connectivity index (χ0) is 14.4. The van der Waals surface area contributed by atoms with E-state index < -0.39 is 0 Å². The van der Waals surface area contributed by atoms with Gasteiger partial charge in [0.15, 0.2) is 0 Å². The standard InChI is InChI=1S/C17H28N2O/c1-3-10-18-16(15-7-5-4-6-8-15)13-19-11-9-14(2)12-17(19)20/h9,11-12,15-16,18H,3-8,10,13H2,1-2H3. The summed E-state index contributed by atoms with van der Waals surface area (Å²) < 4.78 is 1.87. The molecule has 1 aliphatic rings. The number of aromatic nitrogens is 1. The molecule has 0 saturated heterocycles. The minimum absolute atomic E-state index is 0.129. The summed E-state index contributed by atoms with van der Waals surface area (Å²) in [4.78, 5) is 12.1. The Morgan fingerprint density at radius 1 is 1.35 bits per heavy atom. The minimum atomic E-state index is 0.129. The van der Waals surface area contributed by atoms with Gasteiger partial charge in [-0.15, -0.1) is 0 Å². The van der Waals surface area contributed by atoms with Gasteiger partial charge in [-0.2, -0.15) is 0 Å². The number of nitrogens with zero attached hydrogens (tertiary/aromatic N) is 1. The first-order chi connectivity index (χ1) is 9.70. The molecule has 1 aromatic heterocycles. The number of nitrogens with one attached hydrogen (secondary N) is 1. The van der Waals surface area contributed by atoms with E-state index in [0.29, 0.717) is 6.04 Å². The van der Waals surface area contributed by atoms with Gasteiger partial charge in [-0.25, -0.2) is 0 Å². The molecule has 0 bridgehead atoms. The molecule has 0 radical (unpaired) electrons. The first-order valence-electron chi connectivity index (χ1n) is 8.11. The van der Waals surface area contributed by atoms with Crippen molar-refractivity contribution in [3.05, 3.63) is 34.2 Å². The zero-order valence-electron chi connectivity index (χ0n) is 12.9. The quantitative estimate of drug-likeness (QED) is 0.866. The summed E-state index contributed by atoms with van der Waals surface area (Å²) in [7, 11) is 0. The van der Waals surface area contributed by atoms with Crippen LogP contribution in [-0.4, -0.2) is 17.2 Å². The lowest BCUT2D eigenvalue weighted by molar-refractivity contribution is 0.246. The molecule has 3 nitrogen and oxygen atoms in total. The van der Waals surface area contributed by atoms with Crippen molar-refractivity contribution in [1.82, 2.24) is 9.88 Å². The highest BCUT2D eigenvalue weighted by Crippen LogP contribution is 2.27. The van der Waals surface area contributed by atoms with E-state index in [9.17, 15) is 4.79 Å². The second-order valence-corrected chi connectivity index (χ2v) is 6.15. The predicted molar refractivity (Wildman–Crippen MR) is 84.1 cm³/mol. The average molecular weight is 276 g/mol. The molecule has 1 aromatic rings. The van der Waals surface area contributed by atoms with Crippen molar-refractivity contribution in [3.63, 3.8) is 0 Å². The highest BCUT2D eigenvalue weighted by Gasteiger charge is 2.23. The predicted octanol–water partition coefficient (Wildman–Crippen LogP) is 3.11. The van der Waals surface area contributed by atoms with E-state index in [1.807, 2.05) is 23.8 Å². The summed E-state index contributed by atoms with van der Waals surface area (Å²) in [6, 6.07) is 4.20. The Balaban J connectivity index is 2.07. The van der Waals surface area contributed by atoms with Gasteiger partial charge in [0.2, 0.25) is 0 Å². The summed E-state index contributed by atoms with van der Waals surface area (Å²) in [5.74, 6) is 0.725. The van der Waals surface area contributed by atoms with Gasteiger partial charge in [0.1, 0.15) is 0 Å². The van der Waals surface area contributed by atoms with E-state index >= 15 is 0 Å². The normalized spacial score (nSPS) is 18.1. The van der Waals surface area contributed by atoms with Crippen LogP contribution in [0.4, 0.5) is 0 Å². The molecule has 1 N–H and O–H groups in total. The average Bonchev–Trinajstić information content (AvgIpc) is 2.46. The van der Waals surface area contributed by atoms with E-state index in [1.165, 1.54) is 32.1 Å². The topological polar surface area (TPSA) is 34.0 Å². The molecule has 1 atom stereocenters. The summed E-state index contributed by atoms with van der Waals surface area (Å²) in [5.41, 5.74) is 1.17. The van der Waals surface area contributed by atoms with Gasteiger partial charge in [0, 0.05) is 24.8 Å². The Bertz CT molecular complexity index is 460. The highest BCUT2D eigenvalue weighted by molar-refractivity contribution is 5.08. The fraction of sp³-hybridized carbons (Fsp3) is 0.706. The van der Waals surface area contributed by atoms with Crippen LogP contribution in [0.5, 0.6) is 0 Å². The van der Waals surface area contributed by atoms with Crippen molar-refractivity contribution < 1.29 is 0 Å². The lowest BCUT2D eigenvalue weighted by Crippen LogP contribution is -2.42. The van der Waals surface area contributed by atoms with E-state index in [-0.39, 0.29) is 5.56 Å². The van der Waals surface area contributed by atoms with E-state index in [1.54, 1.807) is 6.07 Å². The van der Waals surface area contributed by atoms with Crippen LogP contribution in [0.15, 0.2) is 23.1 Å². The molecule has 1 saturated carbocycles. The molecule has 0 aliphatic heterocycles. The third-order valence-electron chi connectivity index (χ3n) is 4.42. The monoisotopic (exact) mass is 276 g/mol. The Labute approximate surface area is 122 Å². The number of hydrogen-bond acceptors (Lipinski definition) is 2. The molecular weight excluding hydrogens is 248 g/mol. The first-order valence-corrected chi connectivity index (χ1v) is 8.11. The Morgan fingerprint density at radius 3 is 2.75 bits per heavy atom. The van der Waals surface area contributed by atoms with Crippen LogP contribution in [-0.2, 0) is 6.54 Å². The summed E-state index contributed by atoms with van der Waals surface area (Å²) in [6.45, 7) is 6.02. The highest BCUT2D eigenvalue weighted by atomic mass is 16.1. The molecule has 3 heteroatoms. The fourth-order valence-electron chi connectivity index (χ4n) is 3.22. The zero-order valence-corrected chi connectivity index (χ0v) is 12.9. The molecule has 0 aromatic carbocycles. The maximum absolute atomic E-state index is 12.1. The van der Waals surface area contributed by atoms with Crippen molar-refractivity contribution in [2.75, 3.05) is 6.54 Å². The van der Waals surface area contributed by atoms with Crippen LogP contribution < -0.4 is 10.9 Å². The third-order valence-corrected chi connectivity index (χ3v) is 4.42. The van der Waals surface area contributed by atoms with Crippen LogP contribution >= 0.6 is 0 Å². The minimum Gasteiger partial charge on any atom is -0.314 e.